The normalized spacial score (nSPS) is 15.1. The van der Waals surface area contributed by atoms with Crippen LogP contribution in [-0.2, 0) is 16.6 Å². The van der Waals surface area contributed by atoms with E-state index in [9.17, 15) is 8.42 Å². The minimum atomic E-state index is -3.46. The number of benzene rings is 1. The smallest absolute Gasteiger partial charge is 0.242 e. The summed E-state index contributed by atoms with van der Waals surface area (Å²) in [5.74, 6) is 0. The zero-order valence-corrected chi connectivity index (χ0v) is 13.3. The summed E-state index contributed by atoms with van der Waals surface area (Å²) < 4.78 is 27.4. The average Bonchev–Trinajstić information content (AvgIpc) is 3.15. The van der Waals surface area contributed by atoms with E-state index in [1.807, 2.05) is 18.4 Å². The van der Waals surface area contributed by atoms with Gasteiger partial charge in [0, 0.05) is 17.1 Å². The van der Waals surface area contributed by atoms with Crippen LogP contribution < -0.4 is 10.0 Å². The van der Waals surface area contributed by atoms with Crippen molar-refractivity contribution in [1.29, 1.82) is 0 Å². The molecule has 0 radical (unpaired) electrons. The Kier molecular flexibility index (Phi) is 3.97. The molecule has 0 aliphatic heterocycles. The van der Waals surface area contributed by atoms with Gasteiger partial charge in [-0.1, -0.05) is 12.1 Å². The van der Waals surface area contributed by atoms with Crippen molar-refractivity contribution in [2.75, 3.05) is 5.32 Å². The Bertz CT molecular complexity index is 736. The van der Waals surface area contributed by atoms with Gasteiger partial charge in [0.05, 0.1) is 12.2 Å². The number of hydrogen-bond acceptors (Lipinski definition) is 5. The van der Waals surface area contributed by atoms with Gasteiger partial charge in [0.15, 0.2) is 0 Å². The number of sulfonamides is 1. The molecule has 2 aromatic rings. The number of nitrogens with zero attached hydrogens (tertiary/aromatic N) is 1. The molecule has 2 N–H and O–H groups in total. The summed E-state index contributed by atoms with van der Waals surface area (Å²) in [5.41, 5.74) is 1.59. The van der Waals surface area contributed by atoms with Crippen LogP contribution in [0.25, 0.3) is 0 Å². The molecule has 0 saturated heterocycles. The molecule has 0 bridgehead atoms. The van der Waals surface area contributed by atoms with Crippen LogP contribution in [0.4, 0.5) is 5.69 Å². The van der Waals surface area contributed by atoms with Gasteiger partial charge in [-0.05, 0) is 31.9 Å². The fourth-order valence-corrected chi connectivity index (χ4v) is 4.19. The third kappa shape index (κ3) is 3.61. The number of para-hydroxylation sites is 1. The molecular weight excluding hydrogens is 306 g/mol. The largest absolute Gasteiger partial charge is 0.377 e. The van der Waals surface area contributed by atoms with E-state index in [1.54, 1.807) is 29.5 Å². The van der Waals surface area contributed by atoms with E-state index in [0.29, 0.717) is 17.1 Å². The number of rotatable bonds is 6. The number of aromatic nitrogens is 1. The Morgan fingerprint density at radius 3 is 2.76 bits per heavy atom. The van der Waals surface area contributed by atoms with Crippen molar-refractivity contribution in [2.45, 2.75) is 37.2 Å². The zero-order chi connectivity index (χ0) is 14.9. The van der Waals surface area contributed by atoms with Gasteiger partial charge in [-0.15, -0.1) is 11.3 Å². The van der Waals surface area contributed by atoms with Crippen molar-refractivity contribution in [1.82, 2.24) is 9.71 Å². The maximum atomic E-state index is 12.4. The van der Waals surface area contributed by atoms with Crippen molar-refractivity contribution >= 4 is 27.0 Å². The van der Waals surface area contributed by atoms with Crippen LogP contribution in [0.1, 0.15) is 23.5 Å². The molecule has 1 fully saturated rings. The first-order chi connectivity index (χ1) is 10.0. The highest BCUT2D eigenvalue weighted by Gasteiger charge is 2.29. The molecule has 112 valence electrons. The lowest BCUT2D eigenvalue weighted by Crippen LogP contribution is -2.26. The Balaban J connectivity index is 1.78. The van der Waals surface area contributed by atoms with Gasteiger partial charge in [-0.25, -0.2) is 18.1 Å². The minimum Gasteiger partial charge on any atom is -0.377 e. The van der Waals surface area contributed by atoms with Crippen LogP contribution >= 0.6 is 11.3 Å². The van der Waals surface area contributed by atoms with Crippen molar-refractivity contribution < 1.29 is 8.42 Å². The van der Waals surface area contributed by atoms with E-state index in [2.05, 4.69) is 15.0 Å². The molecule has 1 aromatic heterocycles. The summed E-state index contributed by atoms with van der Waals surface area (Å²) in [7, 11) is -3.46. The third-order valence-electron chi connectivity index (χ3n) is 3.17. The van der Waals surface area contributed by atoms with Gasteiger partial charge in [0.25, 0.3) is 0 Å². The number of hydrogen-bond donors (Lipinski definition) is 2. The molecule has 1 heterocycles. The van der Waals surface area contributed by atoms with Gasteiger partial charge in [-0.3, -0.25) is 0 Å². The summed E-state index contributed by atoms with van der Waals surface area (Å²) in [6.07, 6.45) is 1.85. The van der Waals surface area contributed by atoms with Crippen LogP contribution in [0.15, 0.2) is 34.5 Å². The van der Waals surface area contributed by atoms with Crippen molar-refractivity contribution in [3.63, 3.8) is 0 Å². The molecule has 5 nitrogen and oxygen atoms in total. The first-order valence-corrected chi connectivity index (χ1v) is 9.17. The topological polar surface area (TPSA) is 71.1 Å². The third-order valence-corrected chi connectivity index (χ3v) is 5.72. The minimum absolute atomic E-state index is 0.102. The Hall–Kier alpha value is -1.44. The number of nitrogens with one attached hydrogen (secondary N) is 2. The standard InChI is InChI=1S/C14H17N3O2S2/c1-10-9-20-14(16-10)8-15-12-4-2-3-5-13(12)21(18,19)17-11-6-7-11/h2-5,9,11,15,17H,6-8H2,1H3. The predicted octanol–water partition coefficient (Wildman–Crippen LogP) is 2.50. The molecule has 0 unspecified atom stereocenters. The predicted molar refractivity (Wildman–Crippen MR) is 84.0 cm³/mol. The van der Waals surface area contributed by atoms with E-state index in [0.717, 1.165) is 23.5 Å². The molecule has 1 saturated carbocycles. The van der Waals surface area contributed by atoms with Gasteiger partial charge >= 0.3 is 0 Å². The first-order valence-electron chi connectivity index (χ1n) is 6.81. The second-order valence-corrected chi connectivity index (χ2v) is 7.75. The molecule has 21 heavy (non-hydrogen) atoms. The van der Waals surface area contributed by atoms with Gasteiger partial charge in [0.2, 0.25) is 10.0 Å². The SMILES string of the molecule is Cc1csc(CNc2ccccc2S(=O)(=O)NC2CC2)n1. The monoisotopic (exact) mass is 323 g/mol. The second-order valence-electron chi connectivity index (χ2n) is 5.13. The second kappa shape index (κ2) is 5.75. The molecule has 0 atom stereocenters. The highest BCUT2D eigenvalue weighted by Crippen LogP contribution is 2.26. The van der Waals surface area contributed by atoms with Crippen molar-refractivity contribution in [3.05, 3.63) is 40.3 Å². The van der Waals surface area contributed by atoms with E-state index < -0.39 is 10.0 Å². The molecule has 1 aliphatic rings. The fourth-order valence-electron chi connectivity index (χ4n) is 1.99. The lowest BCUT2D eigenvalue weighted by atomic mass is 10.3. The Morgan fingerprint density at radius 1 is 1.33 bits per heavy atom. The summed E-state index contributed by atoms with van der Waals surface area (Å²) in [6, 6.07) is 7.07. The maximum absolute atomic E-state index is 12.4. The van der Waals surface area contributed by atoms with E-state index in [-0.39, 0.29) is 6.04 Å². The molecule has 7 heteroatoms. The molecule has 1 aromatic carbocycles. The number of anilines is 1. The van der Waals surface area contributed by atoms with Crippen LogP contribution in [-0.4, -0.2) is 19.4 Å². The van der Waals surface area contributed by atoms with E-state index in [4.69, 9.17) is 0 Å². The molecular formula is C14H17N3O2S2. The van der Waals surface area contributed by atoms with Gasteiger partial charge in [-0.2, -0.15) is 0 Å². The quantitative estimate of drug-likeness (QED) is 0.857. The molecule has 0 spiro atoms. The Morgan fingerprint density at radius 2 is 2.10 bits per heavy atom. The van der Waals surface area contributed by atoms with Gasteiger partial charge in [0.1, 0.15) is 9.90 Å². The van der Waals surface area contributed by atoms with Crippen LogP contribution in [0.2, 0.25) is 0 Å². The molecule has 0 amide bonds. The lowest BCUT2D eigenvalue weighted by molar-refractivity contribution is 0.581. The summed E-state index contributed by atoms with van der Waals surface area (Å²) in [5, 5.41) is 6.09. The lowest BCUT2D eigenvalue weighted by Gasteiger charge is -2.12. The van der Waals surface area contributed by atoms with E-state index in [1.165, 1.54) is 0 Å². The van der Waals surface area contributed by atoms with Crippen LogP contribution in [0.5, 0.6) is 0 Å². The molecule has 3 rings (SSSR count). The maximum Gasteiger partial charge on any atom is 0.242 e. The summed E-state index contributed by atoms with van der Waals surface area (Å²) >= 11 is 1.56. The first kappa shape index (κ1) is 14.5. The number of thiazole rings is 1. The molecule has 1 aliphatic carbocycles. The Labute approximate surface area is 128 Å². The zero-order valence-electron chi connectivity index (χ0n) is 11.7. The summed E-state index contributed by atoms with van der Waals surface area (Å²) in [4.78, 5) is 4.66. The fraction of sp³-hybridized carbons (Fsp3) is 0.357. The average molecular weight is 323 g/mol. The van der Waals surface area contributed by atoms with Crippen LogP contribution in [0.3, 0.4) is 0 Å². The highest BCUT2D eigenvalue weighted by atomic mass is 32.2. The number of aryl methyl sites for hydroxylation is 1. The van der Waals surface area contributed by atoms with Crippen molar-refractivity contribution in [2.24, 2.45) is 0 Å². The van der Waals surface area contributed by atoms with Crippen molar-refractivity contribution in [3.8, 4) is 0 Å². The summed E-state index contributed by atoms with van der Waals surface area (Å²) in [6.45, 7) is 2.46. The highest BCUT2D eigenvalue weighted by molar-refractivity contribution is 7.89. The van der Waals surface area contributed by atoms with Crippen LogP contribution in [0, 0.1) is 6.92 Å². The van der Waals surface area contributed by atoms with Gasteiger partial charge < -0.3 is 5.32 Å². The van der Waals surface area contributed by atoms with E-state index >= 15 is 0 Å².